The zero-order chi connectivity index (χ0) is 14.9. The summed E-state index contributed by atoms with van der Waals surface area (Å²) in [5, 5.41) is 4.03. The second kappa shape index (κ2) is 5.51. The molecule has 1 saturated heterocycles. The van der Waals surface area contributed by atoms with Gasteiger partial charge < -0.3 is 9.64 Å². The van der Waals surface area contributed by atoms with Crippen LogP contribution >= 0.6 is 11.3 Å². The van der Waals surface area contributed by atoms with Crippen molar-refractivity contribution in [2.24, 2.45) is 0 Å². The highest BCUT2D eigenvalue weighted by molar-refractivity contribution is 7.08. The summed E-state index contributed by atoms with van der Waals surface area (Å²) in [4.78, 5) is 23.3. The lowest BCUT2D eigenvalue weighted by Gasteiger charge is -2.26. The Morgan fingerprint density at radius 3 is 2.95 bits per heavy atom. The van der Waals surface area contributed by atoms with Crippen LogP contribution in [0.25, 0.3) is 16.8 Å². The first kappa shape index (κ1) is 13.4. The van der Waals surface area contributed by atoms with Gasteiger partial charge in [0.1, 0.15) is 0 Å². The summed E-state index contributed by atoms with van der Waals surface area (Å²) < 4.78 is 7.12. The molecule has 7 heteroatoms. The maximum atomic E-state index is 12.8. The van der Waals surface area contributed by atoms with Crippen molar-refractivity contribution in [2.45, 2.75) is 0 Å². The molecule has 0 radical (unpaired) electrons. The Morgan fingerprint density at radius 1 is 1.32 bits per heavy atom. The number of fused-ring (bicyclic) bond motifs is 1. The summed E-state index contributed by atoms with van der Waals surface area (Å²) in [6.45, 7) is 2.36. The van der Waals surface area contributed by atoms with Crippen molar-refractivity contribution in [1.82, 2.24) is 19.3 Å². The number of nitrogens with zero attached hydrogens (tertiary/aromatic N) is 4. The van der Waals surface area contributed by atoms with Gasteiger partial charge in [0.2, 0.25) is 5.82 Å². The van der Waals surface area contributed by atoms with Crippen LogP contribution in [-0.4, -0.2) is 51.5 Å². The fraction of sp³-hybridized carbons (Fsp3) is 0.267. The molecule has 0 saturated carbocycles. The van der Waals surface area contributed by atoms with Crippen LogP contribution in [0.3, 0.4) is 0 Å². The van der Waals surface area contributed by atoms with Gasteiger partial charge in [-0.1, -0.05) is 0 Å². The standard InChI is InChI=1S/C15H14N4O2S/c20-15(18-4-6-21-7-5-18)14-17-13(11-1-8-22-10-11)12-9-16-2-3-19(12)14/h1-3,8-10H,4-7H2. The third-order valence-electron chi connectivity index (χ3n) is 3.73. The van der Waals surface area contributed by atoms with Crippen molar-refractivity contribution < 1.29 is 9.53 Å². The molecule has 4 heterocycles. The molecule has 0 unspecified atom stereocenters. The molecule has 22 heavy (non-hydrogen) atoms. The lowest BCUT2D eigenvalue weighted by Crippen LogP contribution is -2.41. The smallest absolute Gasteiger partial charge is 0.290 e. The molecule has 0 N–H and O–H groups in total. The van der Waals surface area contributed by atoms with Gasteiger partial charge in [0.05, 0.1) is 30.6 Å². The fourth-order valence-corrected chi connectivity index (χ4v) is 3.25. The largest absolute Gasteiger partial charge is 0.378 e. The Bertz CT molecular complexity index is 806. The zero-order valence-corrected chi connectivity index (χ0v) is 12.6. The minimum absolute atomic E-state index is 0.0639. The molecular formula is C15H14N4O2S. The molecule has 1 amide bonds. The number of rotatable bonds is 2. The molecule has 6 nitrogen and oxygen atoms in total. The van der Waals surface area contributed by atoms with E-state index in [0.717, 1.165) is 16.8 Å². The number of morpholine rings is 1. The lowest BCUT2D eigenvalue weighted by atomic mass is 10.2. The number of thiophene rings is 1. The normalized spacial score (nSPS) is 15.4. The van der Waals surface area contributed by atoms with E-state index in [-0.39, 0.29) is 5.91 Å². The first-order chi connectivity index (χ1) is 10.8. The van der Waals surface area contributed by atoms with E-state index in [2.05, 4.69) is 9.97 Å². The highest BCUT2D eigenvalue weighted by atomic mass is 32.1. The van der Waals surface area contributed by atoms with Crippen LogP contribution in [0, 0.1) is 0 Å². The third kappa shape index (κ3) is 2.18. The van der Waals surface area contributed by atoms with Gasteiger partial charge >= 0.3 is 0 Å². The maximum absolute atomic E-state index is 12.8. The highest BCUT2D eigenvalue weighted by Crippen LogP contribution is 2.26. The van der Waals surface area contributed by atoms with E-state index in [1.807, 2.05) is 21.2 Å². The van der Waals surface area contributed by atoms with Crippen LogP contribution < -0.4 is 0 Å². The van der Waals surface area contributed by atoms with E-state index in [9.17, 15) is 4.79 Å². The number of ether oxygens (including phenoxy) is 1. The summed E-state index contributed by atoms with van der Waals surface area (Å²) >= 11 is 1.61. The van der Waals surface area contributed by atoms with Gasteiger partial charge in [0.25, 0.3) is 5.91 Å². The number of aromatic nitrogens is 3. The summed E-state index contributed by atoms with van der Waals surface area (Å²) in [6.07, 6.45) is 5.20. The molecule has 4 rings (SSSR count). The molecule has 0 aliphatic carbocycles. The molecule has 1 aliphatic rings. The van der Waals surface area contributed by atoms with Gasteiger partial charge in [0, 0.05) is 36.4 Å². The Balaban J connectivity index is 1.82. The molecule has 0 bridgehead atoms. The fourth-order valence-electron chi connectivity index (χ4n) is 2.61. The van der Waals surface area contributed by atoms with Gasteiger partial charge in [-0.25, -0.2) is 4.98 Å². The minimum atomic E-state index is -0.0639. The molecule has 3 aromatic heterocycles. The van der Waals surface area contributed by atoms with Gasteiger partial charge in [-0.3, -0.25) is 14.2 Å². The molecule has 1 fully saturated rings. The molecule has 1 aliphatic heterocycles. The first-order valence-corrected chi connectivity index (χ1v) is 8.00. The van der Waals surface area contributed by atoms with Crippen molar-refractivity contribution in [1.29, 1.82) is 0 Å². The van der Waals surface area contributed by atoms with E-state index >= 15 is 0 Å². The average Bonchev–Trinajstić information content (AvgIpc) is 3.22. The summed E-state index contributed by atoms with van der Waals surface area (Å²) in [7, 11) is 0. The van der Waals surface area contributed by atoms with Crippen LogP contribution in [-0.2, 0) is 4.74 Å². The predicted octanol–water partition coefficient (Wildman–Crippen LogP) is 1.93. The summed E-state index contributed by atoms with van der Waals surface area (Å²) in [6, 6.07) is 2.00. The first-order valence-electron chi connectivity index (χ1n) is 7.06. The van der Waals surface area contributed by atoms with Gasteiger partial charge in [-0.2, -0.15) is 11.3 Å². The molecule has 0 atom stereocenters. The topological polar surface area (TPSA) is 59.7 Å². The van der Waals surface area contributed by atoms with Crippen molar-refractivity contribution in [3.8, 4) is 11.3 Å². The van der Waals surface area contributed by atoms with Crippen molar-refractivity contribution in [3.05, 3.63) is 41.2 Å². The van der Waals surface area contributed by atoms with E-state index in [1.54, 1.807) is 34.8 Å². The molecule has 0 spiro atoms. The van der Waals surface area contributed by atoms with Crippen molar-refractivity contribution >= 4 is 22.8 Å². The maximum Gasteiger partial charge on any atom is 0.290 e. The quantitative estimate of drug-likeness (QED) is 0.725. The van der Waals surface area contributed by atoms with Gasteiger partial charge in [-0.05, 0) is 11.4 Å². The molecular weight excluding hydrogens is 300 g/mol. The van der Waals surface area contributed by atoms with E-state index in [1.165, 1.54) is 0 Å². The van der Waals surface area contributed by atoms with E-state index < -0.39 is 0 Å². The Hall–Kier alpha value is -2.25. The van der Waals surface area contributed by atoms with E-state index in [0.29, 0.717) is 32.1 Å². The Morgan fingerprint density at radius 2 is 2.18 bits per heavy atom. The van der Waals surface area contributed by atoms with Crippen LogP contribution in [0.15, 0.2) is 35.4 Å². The Kier molecular flexibility index (Phi) is 3.36. The molecule has 112 valence electrons. The highest BCUT2D eigenvalue weighted by Gasteiger charge is 2.24. The van der Waals surface area contributed by atoms with Crippen LogP contribution in [0.1, 0.15) is 10.6 Å². The van der Waals surface area contributed by atoms with E-state index in [4.69, 9.17) is 4.74 Å². The van der Waals surface area contributed by atoms with Crippen molar-refractivity contribution in [3.63, 3.8) is 0 Å². The number of carbonyl (C=O) groups excluding carboxylic acids is 1. The minimum Gasteiger partial charge on any atom is -0.378 e. The van der Waals surface area contributed by atoms with Gasteiger partial charge in [0.15, 0.2) is 0 Å². The second-order valence-corrected chi connectivity index (χ2v) is 5.81. The zero-order valence-electron chi connectivity index (χ0n) is 11.8. The van der Waals surface area contributed by atoms with Crippen molar-refractivity contribution in [2.75, 3.05) is 26.3 Å². The molecule has 0 aromatic carbocycles. The monoisotopic (exact) mass is 314 g/mol. The predicted molar refractivity (Wildman–Crippen MR) is 83.0 cm³/mol. The van der Waals surface area contributed by atoms with Crippen LogP contribution in [0.5, 0.6) is 0 Å². The lowest BCUT2D eigenvalue weighted by molar-refractivity contribution is 0.0294. The third-order valence-corrected chi connectivity index (χ3v) is 4.41. The summed E-state index contributed by atoms with van der Waals surface area (Å²) in [5.41, 5.74) is 2.65. The van der Waals surface area contributed by atoms with Gasteiger partial charge in [-0.15, -0.1) is 0 Å². The Labute approximate surface area is 131 Å². The van der Waals surface area contributed by atoms with Crippen LogP contribution in [0.4, 0.5) is 0 Å². The number of hydrogen-bond acceptors (Lipinski definition) is 5. The average molecular weight is 314 g/mol. The SMILES string of the molecule is O=C(c1nc(-c2ccsc2)c2cnccn12)N1CCOCC1. The number of hydrogen-bond donors (Lipinski definition) is 0. The van der Waals surface area contributed by atoms with Crippen LogP contribution in [0.2, 0.25) is 0 Å². The second-order valence-electron chi connectivity index (χ2n) is 5.03. The number of carbonyl (C=O) groups is 1. The molecule has 3 aromatic rings. The number of imidazole rings is 1. The summed E-state index contributed by atoms with van der Waals surface area (Å²) in [5.74, 6) is 0.367. The number of amides is 1.